The van der Waals surface area contributed by atoms with Crippen LogP contribution >= 0.6 is 0 Å². The van der Waals surface area contributed by atoms with E-state index in [0.717, 1.165) is 81.6 Å². The van der Waals surface area contributed by atoms with Crippen molar-refractivity contribution in [3.05, 3.63) is 114 Å². The van der Waals surface area contributed by atoms with Gasteiger partial charge >= 0.3 is 5.97 Å². The lowest BCUT2D eigenvalue weighted by molar-refractivity contribution is -0.142. The van der Waals surface area contributed by atoms with Crippen molar-refractivity contribution in [1.29, 1.82) is 0 Å². The average Bonchev–Trinajstić information content (AvgIpc) is 3.59. The van der Waals surface area contributed by atoms with Crippen molar-refractivity contribution in [3.8, 4) is 0 Å². The lowest BCUT2D eigenvalue weighted by Gasteiger charge is -2.46. The molecule has 3 atom stereocenters. The number of anilines is 1. The van der Waals surface area contributed by atoms with Gasteiger partial charge in [0, 0.05) is 61.5 Å². The Morgan fingerprint density at radius 2 is 1.67 bits per heavy atom. The van der Waals surface area contributed by atoms with Crippen molar-refractivity contribution in [3.63, 3.8) is 0 Å². The second-order valence-electron chi connectivity index (χ2n) is 14.4. The molecule has 0 radical (unpaired) electrons. The van der Waals surface area contributed by atoms with Crippen LogP contribution in [0, 0.1) is 36.1 Å². The highest BCUT2D eigenvalue weighted by Crippen LogP contribution is 2.54. The Morgan fingerprint density at radius 3 is 2.27 bits per heavy atom. The second-order valence-corrected chi connectivity index (χ2v) is 16.3. The molecule has 0 bridgehead atoms. The number of nitrogens with zero attached hydrogens (tertiary/aromatic N) is 3. The number of carbonyl (C=O) groups is 2. The lowest BCUT2D eigenvalue weighted by atomic mass is 9.63. The summed E-state index contributed by atoms with van der Waals surface area (Å²) in [6, 6.07) is 20.0. The number of hydrogen-bond acceptors (Lipinski definition) is 7. The zero-order valence-electron chi connectivity index (χ0n) is 29.2. The number of halogens is 1. The first-order chi connectivity index (χ1) is 24.6. The summed E-state index contributed by atoms with van der Waals surface area (Å²) in [5.74, 6) is -0.170. The Labute approximate surface area is 301 Å². The molecule has 2 heterocycles. The number of piperidine rings is 1. The number of methoxy groups -OCH3 is 1. The first-order valence-corrected chi connectivity index (χ1v) is 19.3. The SMILES string of the molecule is [C-]#[N+][C@@](c1cccc(F)c1)(C1CCN(CC2CN(c3ccc(S(=O)(=O)c4ccc(CC(=O)C=C)cc4)cc3)C2)CC1)[C@H]1CCC[C@@H]1CC(=O)OC. The number of ketones is 1. The van der Waals surface area contributed by atoms with Gasteiger partial charge in [0.15, 0.2) is 5.78 Å². The van der Waals surface area contributed by atoms with Crippen molar-refractivity contribution in [2.24, 2.45) is 23.7 Å². The van der Waals surface area contributed by atoms with Crippen LogP contribution in [0.15, 0.2) is 95.2 Å². The molecule has 3 fully saturated rings. The molecule has 3 aliphatic rings. The predicted octanol–water partition coefficient (Wildman–Crippen LogP) is 6.90. The highest BCUT2D eigenvalue weighted by atomic mass is 32.2. The second kappa shape index (κ2) is 15.5. The first-order valence-electron chi connectivity index (χ1n) is 17.9. The summed E-state index contributed by atoms with van der Waals surface area (Å²) < 4.78 is 46.1. The fraction of sp³-hybridized carbons (Fsp3) is 0.439. The molecular weight excluding hydrogens is 666 g/mol. The fourth-order valence-corrected chi connectivity index (χ4v) is 10.00. The van der Waals surface area contributed by atoms with Crippen molar-refractivity contribution >= 4 is 27.3 Å². The minimum absolute atomic E-state index is 0.0334. The third-order valence-electron chi connectivity index (χ3n) is 11.4. The van der Waals surface area contributed by atoms with Crippen LogP contribution < -0.4 is 4.90 Å². The zero-order chi connectivity index (χ0) is 36.2. The highest BCUT2D eigenvalue weighted by Gasteiger charge is 2.58. The van der Waals surface area contributed by atoms with E-state index in [1.807, 2.05) is 18.2 Å². The van der Waals surface area contributed by atoms with Crippen LogP contribution in [0.3, 0.4) is 0 Å². The number of carbonyl (C=O) groups excluding carboxylic acids is 2. The molecule has 6 rings (SSSR count). The Morgan fingerprint density at radius 1 is 1.00 bits per heavy atom. The van der Waals surface area contributed by atoms with Gasteiger partial charge in [-0.05, 0) is 105 Å². The number of likely N-dealkylation sites (tertiary alicyclic amines) is 1. The Kier molecular flexibility index (Phi) is 11.1. The normalized spacial score (nSPS) is 21.3. The van der Waals surface area contributed by atoms with Gasteiger partial charge in [0.1, 0.15) is 5.82 Å². The molecule has 268 valence electrons. The van der Waals surface area contributed by atoms with Gasteiger partial charge in [0.25, 0.3) is 5.54 Å². The molecule has 51 heavy (non-hydrogen) atoms. The lowest BCUT2D eigenvalue weighted by Crippen LogP contribution is -2.53. The summed E-state index contributed by atoms with van der Waals surface area (Å²) in [4.78, 5) is 33.5. The smallest absolute Gasteiger partial charge is 0.305 e. The number of benzene rings is 3. The van der Waals surface area contributed by atoms with E-state index in [1.54, 1.807) is 30.3 Å². The van der Waals surface area contributed by atoms with Gasteiger partial charge in [-0.25, -0.2) is 19.4 Å². The largest absolute Gasteiger partial charge is 0.469 e. The fourth-order valence-electron chi connectivity index (χ4n) is 8.74. The third-order valence-corrected chi connectivity index (χ3v) is 13.2. The van der Waals surface area contributed by atoms with Gasteiger partial charge in [0.2, 0.25) is 9.84 Å². The van der Waals surface area contributed by atoms with Gasteiger partial charge in [0.05, 0.1) is 16.9 Å². The van der Waals surface area contributed by atoms with Gasteiger partial charge in [-0.3, -0.25) is 9.59 Å². The average molecular weight is 712 g/mol. The number of sulfone groups is 1. The summed E-state index contributed by atoms with van der Waals surface area (Å²) in [5, 5.41) is 0. The van der Waals surface area contributed by atoms with Gasteiger partial charge in [-0.1, -0.05) is 37.3 Å². The molecule has 0 spiro atoms. The molecular formula is C41H46FN3O5S. The first kappa shape index (κ1) is 36.5. The number of hydrogen-bond donors (Lipinski definition) is 0. The molecule has 0 N–H and O–H groups in total. The van der Waals surface area contributed by atoms with E-state index >= 15 is 0 Å². The maximum Gasteiger partial charge on any atom is 0.305 e. The summed E-state index contributed by atoms with van der Waals surface area (Å²) in [5.41, 5.74) is 1.57. The quantitative estimate of drug-likeness (QED) is 0.108. The van der Waals surface area contributed by atoms with E-state index in [-0.39, 0.29) is 58.0 Å². The zero-order valence-corrected chi connectivity index (χ0v) is 30.0. The van der Waals surface area contributed by atoms with Crippen LogP contribution in [0.25, 0.3) is 4.85 Å². The van der Waals surface area contributed by atoms with Crippen molar-refractivity contribution < 1.29 is 27.1 Å². The Bertz CT molecular complexity index is 1880. The number of rotatable bonds is 13. The maximum absolute atomic E-state index is 14.6. The molecule has 8 nitrogen and oxygen atoms in total. The summed E-state index contributed by atoms with van der Waals surface area (Å²) in [6.45, 7) is 16.5. The van der Waals surface area contributed by atoms with Crippen molar-refractivity contribution in [2.45, 2.75) is 60.3 Å². The third kappa shape index (κ3) is 7.65. The highest BCUT2D eigenvalue weighted by molar-refractivity contribution is 7.91. The summed E-state index contributed by atoms with van der Waals surface area (Å²) in [7, 11) is -2.29. The molecule has 1 aliphatic carbocycles. The molecule has 2 aliphatic heterocycles. The molecule has 1 saturated carbocycles. The minimum Gasteiger partial charge on any atom is -0.469 e. The van der Waals surface area contributed by atoms with E-state index in [9.17, 15) is 22.4 Å². The van der Waals surface area contributed by atoms with E-state index in [0.29, 0.717) is 5.92 Å². The molecule has 0 amide bonds. The van der Waals surface area contributed by atoms with Gasteiger partial charge < -0.3 is 19.4 Å². The standard InChI is InChI=1S/C41H46FN3O5S/c1-4-36(46)23-29-11-15-37(16-12-29)51(48,49)38-17-13-35(14-18-38)45-27-30(28-45)26-44-21-19-32(20-22-44)41(43-2,33-8-6-9-34(42)25-33)39-10-5-7-31(39)24-40(47)50-3/h4,6,8-9,11-18,25,30-32,39H,1,5,7,10,19-24,26-28H2,3H3/t31-,39+,41-/m1/s1. The Hall–Kier alpha value is -4.33. The van der Waals surface area contributed by atoms with E-state index in [1.165, 1.54) is 37.5 Å². The summed E-state index contributed by atoms with van der Waals surface area (Å²) in [6.07, 6.45) is 6.07. The van der Waals surface area contributed by atoms with Gasteiger partial charge in [-0.15, -0.1) is 0 Å². The van der Waals surface area contributed by atoms with Gasteiger partial charge in [-0.2, -0.15) is 0 Å². The number of ether oxygens (including phenoxy) is 1. The molecule has 3 aromatic rings. The number of allylic oxidation sites excluding steroid dienone is 1. The van der Waals surface area contributed by atoms with Crippen molar-refractivity contribution in [2.75, 3.05) is 44.7 Å². The van der Waals surface area contributed by atoms with E-state index < -0.39 is 15.4 Å². The Balaban J connectivity index is 1.05. The molecule has 0 aromatic heterocycles. The van der Waals surface area contributed by atoms with E-state index in [4.69, 9.17) is 11.3 Å². The van der Waals surface area contributed by atoms with E-state index in [2.05, 4.69) is 21.2 Å². The topological polar surface area (TPSA) is 88.4 Å². The van der Waals surface area contributed by atoms with Crippen LogP contribution in [0.2, 0.25) is 0 Å². The number of esters is 1. The predicted molar refractivity (Wildman–Crippen MR) is 194 cm³/mol. The van der Waals surface area contributed by atoms with Crippen LogP contribution in [0.5, 0.6) is 0 Å². The van der Waals surface area contributed by atoms with Crippen molar-refractivity contribution in [1.82, 2.24) is 4.90 Å². The van der Waals surface area contributed by atoms with Crippen LogP contribution in [0.4, 0.5) is 10.1 Å². The molecule has 3 aromatic carbocycles. The monoisotopic (exact) mass is 711 g/mol. The minimum atomic E-state index is -3.69. The molecule has 10 heteroatoms. The van der Waals surface area contributed by atoms with Crippen LogP contribution in [-0.4, -0.2) is 64.9 Å². The molecule has 0 unspecified atom stereocenters. The van der Waals surface area contributed by atoms with Crippen LogP contribution in [0.1, 0.15) is 49.7 Å². The van der Waals surface area contributed by atoms with Crippen LogP contribution in [-0.2, 0) is 36.1 Å². The maximum atomic E-state index is 14.6. The molecule has 2 saturated heterocycles. The summed E-state index contributed by atoms with van der Waals surface area (Å²) >= 11 is 0.